The van der Waals surface area contributed by atoms with Crippen LogP contribution in [0.25, 0.3) is 55.7 Å². The smallest absolute Gasteiger partial charge is 0.143 e. The topological polar surface area (TPSA) is 22.4 Å². The van der Waals surface area contributed by atoms with Crippen LogP contribution in [0.5, 0.6) is 5.75 Å². The minimum absolute atomic E-state index is 0.802. The molecule has 0 N–H and O–H groups in total. The van der Waals surface area contributed by atoms with Crippen LogP contribution in [0.1, 0.15) is 0 Å². The number of methoxy groups -OCH3 is 1. The number of fused-ring (bicyclic) bond motifs is 3. The highest BCUT2D eigenvalue weighted by molar-refractivity contribution is 9.10. The van der Waals surface area contributed by atoms with Crippen LogP contribution in [0.15, 0.2) is 93.8 Å². The van der Waals surface area contributed by atoms with Crippen LogP contribution in [-0.4, -0.2) is 7.11 Å². The Hall–Kier alpha value is -3.30. The fourth-order valence-electron chi connectivity index (χ4n) is 4.51. The molecule has 5 aromatic rings. The second-order valence-corrected chi connectivity index (χ2v) is 8.29. The zero-order valence-corrected chi connectivity index (χ0v) is 17.9. The molecule has 0 radical (unpaired) electrons. The molecule has 1 aliphatic rings. The summed E-state index contributed by atoms with van der Waals surface area (Å²) >= 11 is 3.63. The van der Waals surface area contributed by atoms with Crippen molar-refractivity contribution in [1.82, 2.24) is 0 Å². The zero-order chi connectivity index (χ0) is 20.2. The lowest BCUT2D eigenvalue weighted by atomic mass is 9.99. The molecule has 0 bridgehead atoms. The fraction of sp³-hybridized carbons (Fsp3) is 0.0370. The monoisotopic (exact) mass is 452 g/mol. The molecular weight excluding hydrogens is 436 g/mol. The summed E-state index contributed by atoms with van der Waals surface area (Å²) < 4.78 is 12.9. The van der Waals surface area contributed by atoms with E-state index in [1.165, 1.54) is 27.5 Å². The largest absolute Gasteiger partial charge is 0.496 e. The quantitative estimate of drug-likeness (QED) is 0.270. The highest BCUT2D eigenvalue weighted by atomic mass is 79.9. The highest BCUT2D eigenvalue weighted by Crippen LogP contribution is 2.56. The second-order valence-electron chi connectivity index (χ2n) is 7.43. The van der Waals surface area contributed by atoms with Crippen molar-refractivity contribution in [3.8, 4) is 50.7 Å². The predicted octanol–water partition coefficient (Wildman–Crippen LogP) is 8.19. The molecule has 1 aliphatic carbocycles. The Morgan fingerprint density at radius 2 is 1.37 bits per heavy atom. The van der Waals surface area contributed by atoms with Gasteiger partial charge < -0.3 is 9.15 Å². The highest BCUT2D eigenvalue weighted by Gasteiger charge is 2.32. The van der Waals surface area contributed by atoms with E-state index in [0.717, 1.165) is 38.4 Å². The summed E-state index contributed by atoms with van der Waals surface area (Å²) in [7, 11) is 1.68. The minimum Gasteiger partial charge on any atom is -0.496 e. The molecule has 4 aromatic carbocycles. The lowest BCUT2D eigenvalue weighted by Crippen LogP contribution is -1.85. The molecule has 0 fully saturated rings. The maximum Gasteiger partial charge on any atom is 0.143 e. The van der Waals surface area contributed by atoms with Gasteiger partial charge in [-0.3, -0.25) is 0 Å². The first-order valence-electron chi connectivity index (χ1n) is 9.85. The molecule has 144 valence electrons. The van der Waals surface area contributed by atoms with Crippen LogP contribution in [0.2, 0.25) is 0 Å². The molecule has 0 saturated heterocycles. The summed E-state index contributed by atoms with van der Waals surface area (Å²) in [6.07, 6.45) is 0. The molecule has 0 unspecified atom stereocenters. The van der Waals surface area contributed by atoms with Gasteiger partial charge in [0.15, 0.2) is 0 Å². The van der Waals surface area contributed by atoms with Crippen LogP contribution in [0, 0.1) is 0 Å². The Labute approximate surface area is 182 Å². The van der Waals surface area contributed by atoms with Crippen molar-refractivity contribution in [2.75, 3.05) is 7.11 Å². The molecule has 30 heavy (non-hydrogen) atoms. The average molecular weight is 453 g/mol. The van der Waals surface area contributed by atoms with Gasteiger partial charge >= 0.3 is 0 Å². The van der Waals surface area contributed by atoms with E-state index >= 15 is 0 Å². The molecule has 0 spiro atoms. The van der Waals surface area contributed by atoms with Gasteiger partial charge in [0.05, 0.1) is 11.6 Å². The van der Waals surface area contributed by atoms with Crippen molar-refractivity contribution in [1.29, 1.82) is 0 Å². The maximum atomic E-state index is 6.61. The van der Waals surface area contributed by atoms with Crippen LogP contribution < -0.4 is 4.74 Å². The van der Waals surface area contributed by atoms with Gasteiger partial charge in [0.2, 0.25) is 0 Å². The number of ether oxygens (including phenoxy) is 1. The molecular formula is C27H17BrO2. The van der Waals surface area contributed by atoms with Crippen molar-refractivity contribution in [3.63, 3.8) is 0 Å². The van der Waals surface area contributed by atoms with E-state index in [2.05, 4.69) is 88.7 Å². The molecule has 2 nitrogen and oxygen atoms in total. The Balaban J connectivity index is 1.71. The molecule has 0 saturated carbocycles. The maximum absolute atomic E-state index is 6.61. The number of furan rings is 1. The SMILES string of the molecule is COc1ccc(-c2oc(-c3ccccc3)c3c2-c2cccc4cccc-3c24)cc1Br. The average Bonchev–Trinajstić information content (AvgIpc) is 3.33. The molecule has 0 aliphatic heterocycles. The number of halogens is 1. The van der Waals surface area contributed by atoms with Crippen LogP contribution in [-0.2, 0) is 0 Å². The van der Waals surface area contributed by atoms with Crippen molar-refractivity contribution < 1.29 is 9.15 Å². The van der Waals surface area contributed by atoms with Gasteiger partial charge in [0, 0.05) is 22.3 Å². The molecule has 0 atom stereocenters. The van der Waals surface area contributed by atoms with Crippen LogP contribution in [0.3, 0.4) is 0 Å². The standard InChI is InChI=1S/C27H17BrO2/c1-29-22-14-13-18(15-21(22)28)27-25-20-12-6-10-16-9-5-11-19(23(16)20)24(25)26(30-27)17-7-3-2-4-8-17/h2-15H,1H3. The van der Waals surface area contributed by atoms with Crippen LogP contribution >= 0.6 is 15.9 Å². The van der Waals surface area contributed by atoms with Gasteiger partial charge in [-0.25, -0.2) is 0 Å². The summed E-state index contributed by atoms with van der Waals surface area (Å²) in [6, 6.07) is 29.4. The number of benzene rings is 4. The van der Waals surface area contributed by atoms with Gasteiger partial charge in [0.1, 0.15) is 17.3 Å². The van der Waals surface area contributed by atoms with E-state index in [0.29, 0.717) is 0 Å². The molecule has 3 heteroatoms. The molecule has 1 aromatic heterocycles. The molecule has 0 amide bonds. The predicted molar refractivity (Wildman–Crippen MR) is 126 cm³/mol. The van der Waals surface area contributed by atoms with Crippen molar-refractivity contribution in [2.45, 2.75) is 0 Å². The summed E-state index contributed by atoms with van der Waals surface area (Å²) in [5.41, 5.74) is 6.90. The van der Waals surface area contributed by atoms with Gasteiger partial charge in [-0.2, -0.15) is 0 Å². The minimum atomic E-state index is 0.802. The van der Waals surface area contributed by atoms with Gasteiger partial charge in [-0.05, 0) is 56.0 Å². The fourth-order valence-corrected chi connectivity index (χ4v) is 5.05. The Bertz CT molecular complexity index is 1430. The summed E-state index contributed by atoms with van der Waals surface area (Å²) in [6.45, 7) is 0. The zero-order valence-electron chi connectivity index (χ0n) is 16.3. The van der Waals surface area contributed by atoms with E-state index in [1.807, 2.05) is 12.1 Å². The number of hydrogen-bond acceptors (Lipinski definition) is 2. The summed E-state index contributed by atoms with van der Waals surface area (Å²) in [5, 5.41) is 2.55. The van der Waals surface area contributed by atoms with E-state index in [9.17, 15) is 0 Å². The lowest BCUT2D eigenvalue weighted by molar-refractivity contribution is 0.412. The first kappa shape index (κ1) is 17.5. The van der Waals surface area contributed by atoms with Crippen LogP contribution in [0.4, 0.5) is 0 Å². The molecule has 1 heterocycles. The summed E-state index contributed by atoms with van der Waals surface area (Å²) in [5.74, 6) is 2.60. The lowest BCUT2D eigenvalue weighted by Gasteiger charge is -2.08. The Morgan fingerprint density at radius 1 is 0.700 bits per heavy atom. The first-order valence-corrected chi connectivity index (χ1v) is 10.6. The number of rotatable bonds is 3. The molecule has 6 rings (SSSR count). The van der Waals surface area contributed by atoms with Gasteiger partial charge in [0.25, 0.3) is 0 Å². The first-order chi connectivity index (χ1) is 14.8. The van der Waals surface area contributed by atoms with E-state index in [1.54, 1.807) is 7.11 Å². The summed E-state index contributed by atoms with van der Waals surface area (Å²) in [4.78, 5) is 0. The second kappa shape index (κ2) is 6.61. The van der Waals surface area contributed by atoms with E-state index < -0.39 is 0 Å². The number of hydrogen-bond donors (Lipinski definition) is 0. The van der Waals surface area contributed by atoms with Crippen molar-refractivity contribution >= 4 is 26.7 Å². The Kier molecular flexibility index (Phi) is 3.87. The van der Waals surface area contributed by atoms with Gasteiger partial charge in [-0.15, -0.1) is 0 Å². The third kappa shape index (κ3) is 2.42. The van der Waals surface area contributed by atoms with E-state index in [4.69, 9.17) is 9.15 Å². The van der Waals surface area contributed by atoms with Crippen molar-refractivity contribution in [3.05, 3.63) is 89.4 Å². The van der Waals surface area contributed by atoms with Crippen molar-refractivity contribution in [2.24, 2.45) is 0 Å². The van der Waals surface area contributed by atoms with Gasteiger partial charge in [-0.1, -0.05) is 66.7 Å². The third-order valence-corrected chi connectivity index (χ3v) is 6.42. The third-order valence-electron chi connectivity index (χ3n) is 5.80. The normalized spacial score (nSPS) is 11.7. The Morgan fingerprint density at radius 3 is 2.00 bits per heavy atom. The van der Waals surface area contributed by atoms with E-state index in [-0.39, 0.29) is 0 Å².